The third-order valence-corrected chi connectivity index (χ3v) is 3.54. The van der Waals surface area contributed by atoms with Gasteiger partial charge in [0.25, 0.3) is 0 Å². The standard InChI is InChI=1S/C10H19N3O2.2ClH/c1-11-6-9-4-2-3-5-12(9)8-10(7-11)13(14)15;;/h9-10H,2-8H2,1H3;2*1H. The van der Waals surface area contributed by atoms with Gasteiger partial charge in [-0.05, 0) is 26.4 Å². The van der Waals surface area contributed by atoms with Gasteiger partial charge in [-0.1, -0.05) is 6.42 Å². The molecular formula is C10H21Cl2N3O2. The highest BCUT2D eigenvalue weighted by atomic mass is 35.5. The van der Waals surface area contributed by atoms with Gasteiger partial charge in [0.2, 0.25) is 6.04 Å². The maximum atomic E-state index is 10.9. The first-order valence-electron chi connectivity index (χ1n) is 5.73. The van der Waals surface area contributed by atoms with Crippen molar-refractivity contribution in [2.45, 2.75) is 31.3 Å². The zero-order chi connectivity index (χ0) is 10.8. The number of piperidine rings is 1. The van der Waals surface area contributed by atoms with E-state index in [1.54, 1.807) is 0 Å². The van der Waals surface area contributed by atoms with Gasteiger partial charge < -0.3 is 0 Å². The van der Waals surface area contributed by atoms with Crippen molar-refractivity contribution in [3.63, 3.8) is 0 Å². The van der Waals surface area contributed by atoms with Crippen molar-refractivity contribution in [2.75, 3.05) is 33.2 Å². The molecule has 0 aliphatic carbocycles. The topological polar surface area (TPSA) is 49.6 Å². The van der Waals surface area contributed by atoms with Gasteiger partial charge in [-0.2, -0.15) is 0 Å². The summed E-state index contributed by atoms with van der Waals surface area (Å²) in [6, 6.07) is 0.145. The third-order valence-electron chi connectivity index (χ3n) is 3.54. The Labute approximate surface area is 114 Å². The highest BCUT2D eigenvalue weighted by molar-refractivity contribution is 5.85. The molecule has 0 radical (unpaired) electrons. The van der Waals surface area contributed by atoms with Crippen LogP contribution in [0.4, 0.5) is 0 Å². The predicted molar refractivity (Wildman–Crippen MR) is 72.0 cm³/mol. The Balaban J connectivity index is 0.00000128. The number of hydrogen-bond donors (Lipinski definition) is 0. The van der Waals surface area contributed by atoms with Gasteiger partial charge in [0, 0.05) is 17.5 Å². The third kappa shape index (κ3) is 4.25. The van der Waals surface area contributed by atoms with E-state index in [2.05, 4.69) is 9.80 Å². The summed E-state index contributed by atoms with van der Waals surface area (Å²) < 4.78 is 0. The van der Waals surface area contributed by atoms with E-state index in [0.717, 1.165) is 13.1 Å². The van der Waals surface area contributed by atoms with Gasteiger partial charge in [-0.15, -0.1) is 24.8 Å². The Morgan fingerprint density at radius 2 is 1.88 bits per heavy atom. The van der Waals surface area contributed by atoms with Crippen LogP contribution < -0.4 is 0 Å². The maximum absolute atomic E-state index is 10.9. The lowest BCUT2D eigenvalue weighted by Gasteiger charge is -2.34. The molecule has 2 aliphatic heterocycles. The molecule has 0 aromatic carbocycles. The van der Waals surface area contributed by atoms with Crippen LogP contribution in [0.25, 0.3) is 0 Å². The number of nitro groups is 1. The molecule has 2 saturated heterocycles. The fraction of sp³-hybridized carbons (Fsp3) is 1.00. The molecule has 0 aromatic rings. The summed E-state index contributed by atoms with van der Waals surface area (Å²) in [4.78, 5) is 15.2. The molecular weight excluding hydrogens is 265 g/mol. The Hall–Kier alpha value is -0.100. The molecule has 0 aromatic heterocycles. The molecule has 2 heterocycles. The minimum Gasteiger partial charge on any atom is -0.298 e. The molecule has 0 amide bonds. The molecule has 102 valence electrons. The summed E-state index contributed by atoms with van der Waals surface area (Å²) in [5.74, 6) is 0. The predicted octanol–water partition coefficient (Wildman–Crippen LogP) is 1.28. The molecule has 0 saturated carbocycles. The molecule has 2 atom stereocenters. The quantitative estimate of drug-likeness (QED) is 0.538. The fourth-order valence-corrected chi connectivity index (χ4v) is 2.76. The average molecular weight is 286 g/mol. The number of likely N-dealkylation sites (N-methyl/N-ethyl adjacent to an activating group) is 1. The molecule has 17 heavy (non-hydrogen) atoms. The minimum absolute atomic E-state index is 0. The van der Waals surface area contributed by atoms with Crippen molar-refractivity contribution >= 4 is 24.8 Å². The van der Waals surface area contributed by atoms with Crippen LogP contribution in [0.2, 0.25) is 0 Å². The van der Waals surface area contributed by atoms with Crippen LogP contribution in [-0.2, 0) is 0 Å². The SMILES string of the molecule is CN1CC2CCCCN2CC([N+](=O)[O-])C1.Cl.Cl. The maximum Gasteiger partial charge on any atom is 0.238 e. The van der Waals surface area contributed by atoms with Crippen LogP contribution in [0.3, 0.4) is 0 Å². The Morgan fingerprint density at radius 1 is 1.18 bits per heavy atom. The Kier molecular flexibility index (Phi) is 7.32. The van der Waals surface area contributed by atoms with Crippen molar-refractivity contribution in [1.82, 2.24) is 9.80 Å². The zero-order valence-corrected chi connectivity index (χ0v) is 11.7. The van der Waals surface area contributed by atoms with Crippen molar-refractivity contribution < 1.29 is 4.92 Å². The fourth-order valence-electron chi connectivity index (χ4n) is 2.76. The summed E-state index contributed by atoms with van der Waals surface area (Å²) in [6.45, 7) is 3.27. The lowest BCUT2D eigenvalue weighted by molar-refractivity contribution is -0.522. The van der Waals surface area contributed by atoms with E-state index in [9.17, 15) is 10.1 Å². The van der Waals surface area contributed by atoms with E-state index < -0.39 is 6.04 Å². The highest BCUT2D eigenvalue weighted by Gasteiger charge is 2.34. The molecule has 2 fully saturated rings. The summed E-state index contributed by atoms with van der Waals surface area (Å²) >= 11 is 0. The van der Waals surface area contributed by atoms with Crippen molar-refractivity contribution in [3.8, 4) is 0 Å². The van der Waals surface area contributed by atoms with Crippen LogP contribution >= 0.6 is 24.8 Å². The monoisotopic (exact) mass is 285 g/mol. The second-order valence-electron chi connectivity index (χ2n) is 4.80. The van der Waals surface area contributed by atoms with Gasteiger partial charge in [-0.3, -0.25) is 19.9 Å². The van der Waals surface area contributed by atoms with E-state index >= 15 is 0 Å². The number of nitrogens with zero attached hydrogens (tertiary/aromatic N) is 3. The van der Waals surface area contributed by atoms with E-state index in [1.165, 1.54) is 19.3 Å². The molecule has 2 aliphatic rings. The van der Waals surface area contributed by atoms with E-state index in [1.807, 2.05) is 7.05 Å². The van der Waals surface area contributed by atoms with Gasteiger partial charge in [0.1, 0.15) is 0 Å². The molecule has 2 unspecified atom stereocenters. The number of halogens is 2. The normalized spacial score (nSPS) is 30.4. The van der Waals surface area contributed by atoms with Gasteiger partial charge in [-0.25, -0.2) is 0 Å². The number of fused-ring (bicyclic) bond motifs is 1. The van der Waals surface area contributed by atoms with Crippen LogP contribution in [0.15, 0.2) is 0 Å². The van der Waals surface area contributed by atoms with Crippen LogP contribution in [0, 0.1) is 10.1 Å². The second kappa shape index (κ2) is 7.36. The van der Waals surface area contributed by atoms with Gasteiger partial charge in [0.05, 0.1) is 13.1 Å². The van der Waals surface area contributed by atoms with Gasteiger partial charge in [0.15, 0.2) is 0 Å². The molecule has 0 N–H and O–H groups in total. The van der Waals surface area contributed by atoms with E-state index in [4.69, 9.17) is 0 Å². The molecule has 0 spiro atoms. The van der Waals surface area contributed by atoms with Crippen LogP contribution in [-0.4, -0.2) is 60.0 Å². The second-order valence-corrected chi connectivity index (χ2v) is 4.80. The summed E-state index contributed by atoms with van der Waals surface area (Å²) in [5, 5.41) is 10.9. The largest absolute Gasteiger partial charge is 0.298 e. The van der Waals surface area contributed by atoms with E-state index in [0.29, 0.717) is 19.1 Å². The summed E-state index contributed by atoms with van der Waals surface area (Å²) in [6.07, 6.45) is 3.68. The first-order valence-corrected chi connectivity index (χ1v) is 5.73. The van der Waals surface area contributed by atoms with Crippen LogP contribution in [0.1, 0.15) is 19.3 Å². The van der Waals surface area contributed by atoms with Crippen molar-refractivity contribution in [2.24, 2.45) is 0 Å². The summed E-state index contributed by atoms with van der Waals surface area (Å²) in [5.41, 5.74) is 0. The minimum atomic E-state index is -0.405. The van der Waals surface area contributed by atoms with Crippen molar-refractivity contribution in [1.29, 1.82) is 0 Å². The van der Waals surface area contributed by atoms with Gasteiger partial charge >= 0.3 is 0 Å². The Bertz CT molecular complexity index is 256. The Morgan fingerprint density at radius 3 is 2.53 bits per heavy atom. The smallest absolute Gasteiger partial charge is 0.238 e. The number of hydrogen-bond acceptors (Lipinski definition) is 4. The first-order chi connectivity index (χ1) is 7.16. The van der Waals surface area contributed by atoms with E-state index in [-0.39, 0.29) is 29.7 Å². The van der Waals surface area contributed by atoms with Crippen molar-refractivity contribution in [3.05, 3.63) is 10.1 Å². The lowest BCUT2D eigenvalue weighted by Crippen LogP contribution is -2.45. The molecule has 5 nitrogen and oxygen atoms in total. The van der Waals surface area contributed by atoms with Crippen LogP contribution in [0.5, 0.6) is 0 Å². The average Bonchev–Trinajstić information content (AvgIpc) is 2.35. The summed E-state index contributed by atoms with van der Waals surface area (Å²) in [7, 11) is 1.99. The zero-order valence-electron chi connectivity index (χ0n) is 10.1. The molecule has 0 bridgehead atoms. The number of rotatable bonds is 1. The first kappa shape index (κ1) is 16.9. The molecule has 7 heteroatoms. The highest BCUT2D eigenvalue weighted by Crippen LogP contribution is 2.21. The lowest BCUT2D eigenvalue weighted by atomic mass is 10.0. The molecule has 2 rings (SSSR count).